The molecule has 3 atom stereocenters. The number of benzene rings is 1. The van der Waals surface area contributed by atoms with Gasteiger partial charge in [-0.25, -0.2) is 0 Å². The lowest BCUT2D eigenvalue weighted by Crippen LogP contribution is -2.40. The van der Waals surface area contributed by atoms with E-state index >= 15 is 0 Å². The number of rotatable bonds is 4. The molecule has 1 saturated carbocycles. The standard InChI is InChI=1S/C17H26N2O/c1-12-7-8-16(9-13(12)2)19-17(20)10-14-5-3-4-6-15(14)11-18/h3-6,12-13,16H,7-11,18H2,1-2H3,(H,19,20). The molecule has 1 aromatic carbocycles. The predicted octanol–water partition coefficient (Wildman–Crippen LogP) is 2.63. The van der Waals surface area contributed by atoms with Gasteiger partial charge in [0.15, 0.2) is 0 Å². The van der Waals surface area contributed by atoms with Crippen LogP contribution < -0.4 is 11.1 Å². The van der Waals surface area contributed by atoms with Gasteiger partial charge in [-0.1, -0.05) is 38.1 Å². The van der Waals surface area contributed by atoms with Crippen LogP contribution in [0.2, 0.25) is 0 Å². The lowest BCUT2D eigenvalue weighted by Gasteiger charge is -2.32. The van der Waals surface area contributed by atoms with Crippen molar-refractivity contribution in [1.29, 1.82) is 0 Å². The highest BCUT2D eigenvalue weighted by Gasteiger charge is 2.25. The van der Waals surface area contributed by atoms with Gasteiger partial charge in [-0.3, -0.25) is 4.79 Å². The fraction of sp³-hybridized carbons (Fsp3) is 0.588. The Kier molecular flexibility index (Phi) is 5.18. The Labute approximate surface area is 121 Å². The first-order chi connectivity index (χ1) is 9.60. The van der Waals surface area contributed by atoms with E-state index in [2.05, 4.69) is 19.2 Å². The van der Waals surface area contributed by atoms with Gasteiger partial charge in [0.25, 0.3) is 0 Å². The van der Waals surface area contributed by atoms with Crippen LogP contribution in [0.1, 0.15) is 44.2 Å². The number of amides is 1. The van der Waals surface area contributed by atoms with Crippen molar-refractivity contribution in [3.8, 4) is 0 Å². The number of carbonyl (C=O) groups excluding carboxylic acids is 1. The first-order valence-electron chi connectivity index (χ1n) is 7.66. The first-order valence-corrected chi connectivity index (χ1v) is 7.66. The predicted molar refractivity (Wildman–Crippen MR) is 82.1 cm³/mol. The van der Waals surface area contributed by atoms with Gasteiger partial charge in [0, 0.05) is 12.6 Å². The summed E-state index contributed by atoms with van der Waals surface area (Å²) in [4.78, 5) is 12.2. The van der Waals surface area contributed by atoms with Crippen molar-refractivity contribution in [2.24, 2.45) is 17.6 Å². The molecule has 0 aliphatic heterocycles. The van der Waals surface area contributed by atoms with E-state index in [1.807, 2.05) is 24.3 Å². The lowest BCUT2D eigenvalue weighted by atomic mass is 9.79. The van der Waals surface area contributed by atoms with Gasteiger partial charge in [0.05, 0.1) is 6.42 Å². The zero-order chi connectivity index (χ0) is 14.5. The summed E-state index contributed by atoms with van der Waals surface area (Å²) >= 11 is 0. The fourth-order valence-electron chi connectivity index (χ4n) is 3.06. The Balaban J connectivity index is 1.89. The number of carbonyl (C=O) groups is 1. The van der Waals surface area contributed by atoms with E-state index in [4.69, 9.17) is 5.73 Å². The maximum atomic E-state index is 12.2. The SMILES string of the molecule is CC1CCC(NC(=O)Cc2ccccc2CN)CC1C. The molecule has 0 radical (unpaired) electrons. The van der Waals surface area contributed by atoms with Gasteiger partial charge in [0.1, 0.15) is 0 Å². The van der Waals surface area contributed by atoms with Gasteiger partial charge < -0.3 is 11.1 Å². The largest absolute Gasteiger partial charge is 0.353 e. The van der Waals surface area contributed by atoms with Crippen LogP contribution in [0.15, 0.2) is 24.3 Å². The number of nitrogens with one attached hydrogen (secondary N) is 1. The third-order valence-corrected chi connectivity index (χ3v) is 4.65. The molecule has 1 amide bonds. The van der Waals surface area contributed by atoms with Crippen molar-refractivity contribution in [3.05, 3.63) is 35.4 Å². The molecule has 3 unspecified atom stereocenters. The maximum Gasteiger partial charge on any atom is 0.224 e. The second-order valence-corrected chi connectivity index (χ2v) is 6.18. The minimum Gasteiger partial charge on any atom is -0.353 e. The molecular weight excluding hydrogens is 248 g/mol. The minimum absolute atomic E-state index is 0.123. The van der Waals surface area contributed by atoms with E-state index in [9.17, 15) is 4.79 Å². The van der Waals surface area contributed by atoms with Gasteiger partial charge >= 0.3 is 0 Å². The van der Waals surface area contributed by atoms with Gasteiger partial charge in [-0.15, -0.1) is 0 Å². The summed E-state index contributed by atoms with van der Waals surface area (Å²) in [6.45, 7) is 5.08. The minimum atomic E-state index is 0.123. The highest BCUT2D eigenvalue weighted by molar-refractivity contribution is 5.79. The Morgan fingerprint density at radius 2 is 1.90 bits per heavy atom. The van der Waals surface area contributed by atoms with Crippen LogP contribution >= 0.6 is 0 Å². The van der Waals surface area contributed by atoms with E-state index in [-0.39, 0.29) is 5.91 Å². The molecule has 0 heterocycles. The number of nitrogens with two attached hydrogens (primary N) is 1. The summed E-state index contributed by atoms with van der Waals surface area (Å²) in [6, 6.07) is 8.26. The van der Waals surface area contributed by atoms with Crippen LogP contribution in [0.4, 0.5) is 0 Å². The molecule has 0 aromatic heterocycles. The summed E-state index contributed by atoms with van der Waals surface area (Å²) < 4.78 is 0. The van der Waals surface area contributed by atoms with E-state index in [0.717, 1.165) is 29.9 Å². The van der Waals surface area contributed by atoms with Crippen LogP contribution in [0.25, 0.3) is 0 Å². The van der Waals surface area contributed by atoms with Crippen molar-refractivity contribution in [2.75, 3.05) is 0 Å². The Morgan fingerprint density at radius 3 is 2.55 bits per heavy atom. The topological polar surface area (TPSA) is 55.1 Å². The van der Waals surface area contributed by atoms with E-state index in [1.54, 1.807) is 0 Å². The second kappa shape index (κ2) is 6.89. The van der Waals surface area contributed by atoms with Crippen LogP contribution in [-0.2, 0) is 17.8 Å². The number of hydrogen-bond donors (Lipinski definition) is 2. The van der Waals surface area contributed by atoms with Crippen molar-refractivity contribution < 1.29 is 4.79 Å². The van der Waals surface area contributed by atoms with Crippen molar-refractivity contribution in [3.63, 3.8) is 0 Å². The smallest absolute Gasteiger partial charge is 0.224 e. The molecule has 3 heteroatoms. The summed E-state index contributed by atoms with van der Waals surface area (Å²) in [5.74, 6) is 1.60. The molecule has 0 saturated heterocycles. The molecule has 2 rings (SSSR count). The third-order valence-electron chi connectivity index (χ3n) is 4.65. The van der Waals surface area contributed by atoms with Crippen LogP contribution in [0.3, 0.4) is 0 Å². The monoisotopic (exact) mass is 274 g/mol. The Bertz CT molecular complexity index is 458. The van der Waals surface area contributed by atoms with Crippen LogP contribution in [0.5, 0.6) is 0 Å². The highest BCUT2D eigenvalue weighted by Crippen LogP contribution is 2.29. The fourth-order valence-corrected chi connectivity index (χ4v) is 3.06. The quantitative estimate of drug-likeness (QED) is 0.887. The maximum absolute atomic E-state index is 12.2. The molecular formula is C17H26N2O. The van der Waals surface area contributed by atoms with Gasteiger partial charge in [-0.2, -0.15) is 0 Å². The lowest BCUT2D eigenvalue weighted by molar-refractivity contribution is -0.121. The first kappa shape index (κ1) is 15.0. The van der Waals surface area contributed by atoms with Crippen molar-refractivity contribution >= 4 is 5.91 Å². The normalized spacial score (nSPS) is 26.2. The highest BCUT2D eigenvalue weighted by atomic mass is 16.1. The molecule has 3 N–H and O–H groups in total. The zero-order valence-corrected chi connectivity index (χ0v) is 12.6. The van der Waals surface area contributed by atoms with Gasteiger partial charge in [-0.05, 0) is 42.2 Å². The number of hydrogen-bond acceptors (Lipinski definition) is 2. The molecule has 110 valence electrons. The molecule has 1 aliphatic rings. The van der Waals surface area contributed by atoms with E-state index < -0.39 is 0 Å². The molecule has 1 fully saturated rings. The average molecular weight is 274 g/mol. The molecule has 0 bridgehead atoms. The summed E-state index contributed by atoms with van der Waals surface area (Å²) in [7, 11) is 0. The molecule has 1 aromatic rings. The summed E-state index contributed by atoms with van der Waals surface area (Å²) in [6.07, 6.45) is 3.86. The third kappa shape index (κ3) is 3.83. The molecule has 1 aliphatic carbocycles. The second-order valence-electron chi connectivity index (χ2n) is 6.18. The average Bonchev–Trinajstić information content (AvgIpc) is 2.43. The van der Waals surface area contributed by atoms with E-state index in [1.165, 1.54) is 6.42 Å². The van der Waals surface area contributed by atoms with Gasteiger partial charge in [0.2, 0.25) is 5.91 Å². The molecule has 3 nitrogen and oxygen atoms in total. The van der Waals surface area contributed by atoms with Crippen molar-refractivity contribution in [2.45, 2.75) is 52.1 Å². The zero-order valence-electron chi connectivity index (χ0n) is 12.6. The Morgan fingerprint density at radius 1 is 1.20 bits per heavy atom. The molecule has 20 heavy (non-hydrogen) atoms. The van der Waals surface area contributed by atoms with Crippen LogP contribution in [0, 0.1) is 11.8 Å². The summed E-state index contributed by atoms with van der Waals surface area (Å²) in [5, 5.41) is 3.19. The molecule has 0 spiro atoms. The van der Waals surface area contributed by atoms with Crippen molar-refractivity contribution in [1.82, 2.24) is 5.32 Å². The van der Waals surface area contributed by atoms with Crippen LogP contribution in [-0.4, -0.2) is 11.9 Å². The van der Waals surface area contributed by atoms with E-state index in [0.29, 0.717) is 24.9 Å². The Hall–Kier alpha value is -1.35. The summed E-state index contributed by atoms with van der Waals surface area (Å²) in [5.41, 5.74) is 7.82.